The van der Waals surface area contributed by atoms with Gasteiger partial charge >= 0.3 is 5.97 Å². The van der Waals surface area contributed by atoms with E-state index in [4.69, 9.17) is 4.74 Å². The van der Waals surface area contributed by atoms with Crippen molar-refractivity contribution in [2.75, 3.05) is 6.61 Å². The SMILES string of the molecule is CCCCCCCCCCCCCCCCCCOC(=O)CCc1ccc(-c2cc(C(C)(C)C)c(O)c(C(C)(C)C)c2)cc1. The second-order valence-electron chi connectivity index (χ2n) is 15.1. The zero-order chi connectivity index (χ0) is 32.4. The lowest BCUT2D eigenvalue weighted by molar-refractivity contribution is -0.143. The van der Waals surface area contributed by atoms with Crippen molar-refractivity contribution in [2.45, 2.75) is 175 Å². The van der Waals surface area contributed by atoms with E-state index in [0.29, 0.717) is 25.2 Å². The highest BCUT2D eigenvalue weighted by Gasteiger charge is 2.26. The normalized spacial score (nSPS) is 12.1. The van der Waals surface area contributed by atoms with Gasteiger partial charge in [0.25, 0.3) is 0 Å². The minimum atomic E-state index is -0.160. The van der Waals surface area contributed by atoms with Crippen molar-refractivity contribution in [2.24, 2.45) is 0 Å². The van der Waals surface area contributed by atoms with Gasteiger partial charge in [-0.1, -0.05) is 169 Å². The van der Waals surface area contributed by atoms with Crippen LogP contribution in [0.2, 0.25) is 0 Å². The zero-order valence-corrected chi connectivity index (χ0v) is 29.7. The molecule has 0 bridgehead atoms. The summed E-state index contributed by atoms with van der Waals surface area (Å²) < 4.78 is 5.51. The van der Waals surface area contributed by atoms with Crippen molar-refractivity contribution in [3.63, 3.8) is 0 Å². The Labute approximate surface area is 271 Å². The highest BCUT2D eigenvalue weighted by atomic mass is 16.5. The van der Waals surface area contributed by atoms with Crippen molar-refractivity contribution >= 4 is 5.97 Å². The fourth-order valence-electron chi connectivity index (χ4n) is 5.96. The zero-order valence-electron chi connectivity index (χ0n) is 29.7. The number of hydrogen-bond donors (Lipinski definition) is 1. The van der Waals surface area contributed by atoms with Gasteiger partial charge in [-0.15, -0.1) is 0 Å². The molecule has 0 saturated carbocycles. The predicted octanol–water partition coefficient (Wildman–Crippen LogP) is 12.4. The molecule has 0 fully saturated rings. The summed E-state index contributed by atoms with van der Waals surface area (Å²) >= 11 is 0. The number of hydrogen-bond acceptors (Lipinski definition) is 3. The van der Waals surface area contributed by atoms with Gasteiger partial charge < -0.3 is 9.84 Å². The summed E-state index contributed by atoms with van der Waals surface area (Å²) in [4.78, 5) is 12.3. The fourth-order valence-corrected chi connectivity index (χ4v) is 5.96. The lowest BCUT2D eigenvalue weighted by atomic mass is 9.77. The number of carbonyl (C=O) groups excluding carboxylic acids is 1. The van der Waals surface area contributed by atoms with E-state index in [-0.39, 0.29) is 16.8 Å². The van der Waals surface area contributed by atoms with Gasteiger partial charge in [0.1, 0.15) is 5.75 Å². The Balaban J connectivity index is 1.60. The summed E-state index contributed by atoms with van der Waals surface area (Å²) in [6.45, 7) is 15.7. The van der Waals surface area contributed by atoms with Crippen LogP contribution in [0.3, 0.4) is 0 Å². The molecule has 0 amide bonds. The van der Waals surface area contributed by atoms with Gasteiger partial charge in [0.2, 0.25) is 0 Å². The van der Waals surface area contributed by atoms with E-state index >= 15 is 0 Å². The number of aryl methyl sites for hydroxylation is 1. The summed E-state index contributed by atoms with van der Waals surface area (Å²) in [6, 6.07) is 12.7. The van der Waals surface area contributed by atoms with E-state index in [0.717, 1.165) is 40.7 Å². The Kier molecular flexibility index (Phi) is 17.2. The van der Waals surface area contributed by atoms with Gasteiger partial charge in [-0.05, 0) is 52.5 Å². The molecule has 0 heterocycles. The molecule has 3 heteroatoms. The van der Waals surface area contributed by atoms with Crippen molar-refractivity contribution in [1.82, 2.24) is 0 Å². The first-order valence-corrected chi connectivity index (χ1v) is 18.1. The number of carbonyl (C=O) groups is 1. The molecule has 2 aromatic carbocycles. The molecular weight excluding hydrogens is 540 g/mol. The third-order valence-corrected chi connectivity index (χ3v) is 8.89. The van der Waals surface area contributed by atoms with Gasteiger partial charge in [-0.3, -0.25) is 4.79 Å². The molecule has 0 aliphatic heterocycles. The topological polar surface area (TPSA) is 46.5 Å². The molecular formula is C41H66O3. The van der Waals surface area contributed by atoms with Crippen molar-refractivity contribution in [3.05, 3.63) is 53.1 Å². The number of phenolic OH excluding ortho intramolecular Hbond substituents is 1. The number of phenols is 1. The van der Waals surface area contributed by atoms with Gasteiger partial charge in [-0.2, -0.15) is 0 Å². The maximum Gasteiger partial charge on any atom is 0.306 e. The fraction of sp³-hybridized carbons (Fsp3) is 0.683. The molecule has 248 valence electrons. The minimum absolute atomic E-state index is 0.0989. The molecule has 0 aliphatic rings. The Morgan fingerprint density at radius 2 is 1.02 bits per heavy atom. The predicted molar refractivity (Wildman–Crippen MR) is 190 cm³/mol. The van der Waals surface area contributed by atoms with Crippen LogP contribution in [0.5, 0.6) is 5.75 Å². The number of unbranched alkanes of at least 4 members (excludes halogenated alkanes) is 15. The molecule has 2 aromatic rings. The average molecular weight is 607 g/mol. The van der Waals surface area contributed by atoms with E-state index in [2.05, 4.69) is 84.9 Å². The molecule has 0 atom stereocenters. The lowest BCUT2D eigenvalue weighted by Gasteiger charge is -2.28. The molecule has 0 unspecified atom stereocenters. The second kappa shape index (κ2) is 20.0. The first kappa shape index (κ1) is 37.9. The van der Waals surface area contributed by atoms with E-state index in [1.807, 2.05) is 0 Å². The molecule has 2 rings (SSSR count). The number of aromatic hydroxyl groups is 1. The monoisotopic (exact) mass is 607 g/mol. The van der Waals surface area contributed by atoms with Crippen molar-refractivity contribution in [3.8, 4) is 16.9 Å². The molecule has 3 nitrogen and oxygen atoms in total. The summed E-state index contributed by atoms with van der Waals surface area (Å²) in [6.07, 6.45) is 22.6. The number of benzene rings is 2. The Morgan fingerprint density at radius 3 is 1.43 bits per heavy atom. The summed E-state index contributed by atoms with van der Waals surface area (Å²) in [5, 5.41) is 11.0. The molecule has 0 saturated heterocycles. The van der Waals surface area contributed by atoms with Crippen LogP contribution in [0.4, 0.5) is 0 Å². The van der Waals surface area contributed by atoms with Crippen LogP contribution in [0.25, 0.3) is 11.1 Å². The second-order valence-corrected chi connectivity index (χ2v) is 15.1. The minimum Gasteiger partial charge on any atom is -0.507 e. The van der Waals surface area contributed by atoms with Gasteiger partial charge in [0, 0.05) is 17.5 Å². The highest BCUT2D eigenvalue weighted by Crippen LogP contribution is 2.42. The van der Waals surface area contributed by atoms with Crippen molar-refractivity contribution < 1.29 is 14.6 Å². The Bertz CT molecular complexity index is 1030. The number of esters is 1. The molecule has 0 aliphatic carbocycles. The largest absolute Gasteiger partial charge is 0.507 e. The third-order valence-electron chi connectivity index (χ3n) is 8.89. The lowest BCUT2D eigenvalue weighted by Crippen LogP contribution is -2.17. The van der Waals surface area contributed by atoms with E-state index < -0.39 is 0 Å². The maximum atomic E-state index is 12.3. The van der Waals surface area contributed by atoms with E-state index in [1.165, 1.54) is 89.9 Å². The van der Waals surface area contributed by atoms with Gasteiger partial charge in [-0.25, -0.2) is 0 Å². The molecule has 0 aromatic heterocycles. The average Bonchev–Trinajstić information content (AvgIpc) is 2.97. The van der Waals surface area contributed by atoms with Crippen LogP contribution in [-0.2, 0) is 26.8 Å². The van der Waals surface area contributed by atoms with Crippen molar-refractivity contribution in [1.29, 1.82) is 0 Å². The van der Waals surface area contributed by atoms with Gasteiger partial charge in [0.05, 0.1) is 6.61 Å². The maximum absolute atomic E-state index is 12.3. The quantitative estimate of drug-likeness (QED) is 0.114. The molecule has 1 N–H and O–H groups in total. The first-order chi connectivity index (χ1) is 20.9. The first-order valence-electron chi connectivity index (χ1n) is 18.1. The Morgan fingerprint density at radius 1 is 0.614 bits per heavy atom. The standard InChI is InChI=1S/C41H66O3/c1-8-9-10-11-12-13-14-15-16-17-18-19-20-21-22-23-30-44-38(42)29-26-33-24-27-34(28-25-33)35-31-36(40(2,3)4)39(43)37(32-35)41(5,6)7/h24-25,27-28,31-32,43H,8-23,26,29-30H2,1-7H3. The van der Waals surface area contributed by atoms with Crippen LogP contribution in [0, 0.1) is 0 Å². The van der Waals surface area contributed by atoms with Gasteiger partial charge in [0.15, 0.2) is 0 Å². The van der Waals surface area contributed by atoms with Crippen LogP contribution in [-0.4, -0.2) is 17.7 Å². The van der Waals surface area contributed by atoms with Crippen LogP contribution < -0.4 is 0 Å². The summed E-state index contributed by atoms with van der Waals surface area (Å²) in [7, 11) is 0. The van der Waals surface area contributed by atoms with E-state index in [1.54, 1.807) is 0 Å². The smallest absolute Gasteiger partial charge is 0.306 e. The summed E-state index contributed by atoms with van der Waals surface area (Å²) in [5.74, 6) is 0.307. The third kappa shape index (κ3) is 14.7. The number of rotatable bonds is 21. The summed E-state index contributed by atoms with van der Waals surface area (Å²) in [5.41, 5.74) is 4.99. The Hall–Kier alpha value is -2.29. The van der Waals surface area contributed by atoms with Crippen LogP contribution in [0.1, 0.15) is 174 Å². The molecule has 0 spiro atoms. The van der Waals surface area contributed by atoms with E-state index in [9.17, 15) is 9.90 Å². The van der Waals surface area contributed by atoms with Crippen LogP contribution in [0.15, 0.2) is 36.4 Å². The number of ether oxygens (including phenoxy) is 1. The molecule has 44 heavy (non-hydrogen) atoms. The highest BCUT2D eigenvalue weighted by molar-refractivity contribution is 5.71. The molecule has 0 radical (unpaired) electrons. The van der Waals surface area contributed by atoms with Crippen LogP contribution >= 0.6 is 0 Å².